The van der Waals surface area contributed by atoms with E-state index >= 15 is 0 Å². The zero-order chi connectivity index (χ0) is 17.2. The topological polar surface area (TPSA) is 32.9 Å². The van der Waals surface area contributed by atoms with E-state index in [2.05, 4.69) is 17.1 Å². The molecule has 25 heavy (non-hydrogen) atoms. The first-order valence-electron chi connectivity index (χ1n) is 7.86. The summed E-state index contributed by atoms with van der Waals surface area (Å²) in [7, 11) is 0. The van der Waals surface area contributed by atoms with Crippen LogP contribution in [0.5, 0.6) is 0 Å². The second kappa shape index (κ2) is 6.89. The van der Waals surface area contributed by atoms with Gasteiger partial charge in [-0.25, -0.2) is 0 Å². The molecule has 0 atom stereocenters. The number of hydrogen-bond acceptors (Lipinski definition) is 1. The number of fused-ring (bicyclic) bond motifs is 1. The van der Waals surface area contributed by atoms with Gasteiger partial charge in [-0.3, -0.25) is 0 Å². The van der Waals surface area contributed by atoms with Crippen molar-refractivity contribution in [2.75, 3.05) is 0 Å². The van der Waals surface area contributed by atoms with Gasteiger partial charge in [-0.2, -0.15) is 0 Å². The van der Waals surface area contributed by atoms with Crippen LogP contribution >= 0.6 is 11.6 Å². The van der Waals surface area contributed by atoms with Gasteiger partial charge in [0, 0.05) is 0 Å². The van der Waals surface area contributed by atoms with E-state index in [9.17, 15) is 4.79 Å². The zero-order valence-corrected chi connectivity index (χ0v) is 15.7. The summed E-state index contributed by atoms with van der Waals surface area (Å²) in [6.45, 7) is 0. The number of aromatic nitrogens is 1. The molecule has 3 aromatic carbocycles. The molecule has 1 N–H and O–H groups in total. The monoisotopic (exact) mass is 411 g/mol. The number of nitrogens with one attached hydrogen (secondary N) is 1. The van der Waals surface area contributed by atoms with Crippen molar-refractivity contribution in [1.29, 1.82) is 0 Å². The molecule has 1 aromatic heterocycles. The standard InChI is InChI=1S/C21H14ClNOSe/c22-15-12-10-14(11-13-15)19-21(25-16-6-2-1-3-7-16)20(24)17-8-4-5-9-18(17)23-19/h1-13H,(H,23,24). The fourth-order valence-electron chi connectivity index (χ4n) is 2.74. The van der Waals surface area contributed by atoms with E-state index < -0.39 is 0 Å². The molecule has 0 saturated carbocycles. The molecule has 122 valence electrons. The summed E-state index contributed by atoms with van der Waals surface area (Å²) in [6, 6.07) is 25.4. The van der Waals surface area contributed by atoms with Gasteiger partial charge < -0.3 is 0 Å². The number of para-hydroxylation sites is 1. The Labute approximate surface area is 156 Å². The fourth-order valence-corrected chi connectivity index (χ4v) is 4.97. The molecular weight excluding hydrogens is 397 g/mol. The van der Waals surface area contributed by atoms with Gasteiger partial charge in [0.05, 0.1) is 0 Å². The summed E-state index contributed by atoms with van der Waals surface area (Å²) in [5, 5.41) is 1.41. The summed E-state index contributed by atoms with van der Waals surface area (Å²) in [5.74, 6) is 0. The molecule has 2 nitrogen and oxygen atoms in total. The molecule has 0 radical (unpaired) electrons. The first kappa shape index (κ1) is 16.2. The minimum atomic E-state index is -0.0894. The predicted octanol–water partition coefficient (Wildman–Crippen LogP) is 3.50. The number of benzene rings is 3. The second-order valence-electron chi connectivity index (χ2n) is 5.63. The molecule has 0 aliphatic rings. The predicted molar refractivity (Wildman–Crippen MR) is 106 cm³/mol. The average molecular weight is 411 g/mol. The molecule has 4 aromatic rings. The molecular formula is C21H14ClNOSe. The van der Waals surface area contributed by atoms with Gasteiger partial charge in [0.1, 0.15) is 0 Å². The van der Waals surface area contributed by atoms with E-state index in [4.69, 9.17) is 11.6 Å². The first-order chi connectivity index (χ1) is 12.2. The van der Waals surface area contributed by atoms with Crippen LogP contribution in [-0.4, -0.2) is 19.9 Å². The van der Waals surface area contributed by atoms with Gasteiger partial charge >= 0.3 is 157 Å². The van der Waals surface area contributed by atoms with E-state index in [0.717, 1.165) is 26.6 Å². The van der Waals surface area contributed by atoms with Crippen molar-refractivity contribution in [3.8, 4) is 11.3 Å². The summed E-state index contributed by atoms with van der Waals surface area (Å²) in [5.41, 5.74) is 2.80. The van der Waals surface area contributed by atoms with Crippen LogP contribution in [0.25, 0.3) is 22.2 Å². The van der Waals surface area contributed by atoms with Crippen LogP contribution in [0.1, 0.15) is 0 Å². The molecule has 0 unspecified atom stereocenters. The summed E-state index contributed by atoms with van der Waals surface area (Å²) >= 11 is 5.94. The molecule has 4 rings (SSSR count). The molecule has 4 heteroatoms. The van der Waals surface area contributed by atoms with Crippen LogP contribution in [0.15, 0.2) is 83.7 Å². The number of aromatic amines is 1. The fraction of sp³-hybridized carbons (Fsp3) is 0. The Balaban J connectivity index is 1.97. The normalized spacial score (nSPS) is 10.9. The minimum absolute atomic E-state index is 0.0894. The maximum absolute atomic E-state index is 13.2. The Morgan fingerprint density at radius 2 is 1.48 bits per heavy atom. The number of halogens is 1. The van der Waals surface area contributed by atoms with Crippen LogP contribution in [0.4, 0.5) is 0 Å². The third-order valence-electron chi connectivity index (χ3n) is 3.96. The van der Waals surface area contributed by atoms with E-state index in [0.29, 0.717) is 5.02 Å². The van der Waals surface area contributed by atoms with Gasteiger partial charge in [-0.05, 0) is 0 Å². The van der Waals surface area contributed by atoms with Crippen LogP contribution in [0.3, 0.4) is 0 Å². The quantitative estimate of drug-likeness (QED) is 0.515. The molecule has 0 spiro atoms. The number of hydrogen-bond donors (Lipinski definition) is 1. The van der Waals surface area contributed by atoms with Crippen LogP contribution < -0.4 is 14.4 Å². The van der Waals surface area contributed by atoms with Crippen molar-refractivity contribution < 1.29 is 0 Å². The van der Waals surface area contributed by atoms with E-state index in [-0.39, 0.29) is 20.4 Å². The first-order valence-corrected chi connectivity index (χ1v) is 9.95. The Morgan fingerprint density at radius 1 is 0.800 bits per heavy atom. The van der Waals surface area contributed by atoms with Crippen molar-refractivity contribution in [3.05, 3.63) is 94.1 Å². The Kier molecular flexibility index (Phi) is 4.46. The number of rotatable bonds is 3. The number of H-pyrrole nitrogens is 1. The van der Waals surface area contributed by atoms with Gasteiger partial charge in [-0.1, -0.05) is 0 Å². The molecule has 0 bridgehead atoms. The van der Waals surface area contributed by atoms with Gasteiger partial charge in [0.25, 0.3) is 0 Å². The Morgan fingerprint density at radius 3 is 2.24 bits per heavy atom. The van der Waals surface area contributed by atoms with Crippen molar-refractivity contribution >= 4 is 46.4 Å². The third-order valence-corrected chi connectivity index (χ3v) is 6.52. The van der Waals surface area contributed by atoms with Gasteiger partial charge in [0.2, 0.25) is 0 Å². The van der Waals surface area contributed by atoms with E-state index in [1.165, 1.54) is 4.46 Å². The van der Waals surface area contributed by atoms with Crippen molar-refractivity contribution in [3.63, 3.8) is 0 Å². The zero-order valence-electron chi connectivity index (χ0n) is 13.2. The second-order valence-corrected chi connectivity index (χ2v) is 8.34. The molecule has 1 heterocycles. The van der Waals surface area contributed by atoms with E-state index in [1.54, 1.807) is 0 Å². The molecule has 0 amide bonds. The number of pyridine rings is 1. The van der Waals surface area contributed by atoms with Gasteiger partial charge in [-0.15, -0.1) is 0 Å². The van der Waals surface area contributed by atoms with Crippen LogP contribution in [0.2, 0.25) is 5.02 Å². The van der Waals surface area contributed by atoms with Crippen molar-refractivity contribution in [1.82, 2.24) is 4.98 Å². The van der Waals surface area contributed by atoms with Crippen LogP contribution in [-0.2, 0) is 0 Å². The molecule has 0 saturated heterocycles. The van der Waals surface area contributed by atoms with Crippen LogP contribution in [0, 0.1) is 0 Å². The molecule has 0 aliphatic carbocycles. The van der Waals surface area contributed by atoms with Gasteiger partial charge in [0.15, 0.2) is 0 Å². The summed E-state index contributed by atoms with van der Waals surface area (Å²) in [6.07, 6.45) is 0. The molecule has 0 aliphatic heterocycles. The SMILES string of the molecule is O=c1c([Se]c2ccccc2)c(-c2ccc(Cl)cc2)[nH]c2ccccc12. The molecule has 0 fully saturated rings. The van der Waals surface area contributed by atoms with E-state index in [1.807, 2.05) is 66.7 Å². The van der Waals surface area contributed by atoms with Crippen molar-refractivity contribution in [2.45, 2.75) is 0 Å². The summed E-state index contributed by atoms with van der Waals surface area (Å²) in [4.78, 5) is 16.6. The average Bonchev–Trinajstić information content (AvgIpc) is 2.65. The van der Waals surface area contributed by atoms with Crippen molar-refractivity contribution in [2.24, 2.45) is 0 Å². The Bertz CT molecular complexity index is 1090. The summed E-state index contributed by atoms with van der Waals surface area (Å²) < 4.78 is 2.01. The Hall–Kier alpha value is -2.32. The maximum atomic E-state index is 13.2. The third kappa shape index (κ3) is 3.27.